The van der Waals surface area contributed by atoms with Gasteiger partial charge in [0.1, 0.15) is 0 Å². The molecule has 0 aromatic heterocycles. The summed E-state index contributed by atoms with van der Waals surface area (Å²) in [6.07, 6.45) is 2.29. The van der Waals surface area contributed by atoms with Crippen LogP contribution in [0.3, 0.4) is 0 Å². The molecule has 2 saturated heterocycles. The van der Waals surface area contributed by atoms with Crippen LogP contribution in [0.5, 0.6) is 0 Å². The lowest BCUT2D eigenvalue weighted by Gasteiger charge is -2.45. The highest BCUT2D eigenvalue weighted by Gasteiger charge is 2.33. The van der Waals surface area contributed by atoms with Gasteiger partial charge < -0.3 is 10.6 Å². The Labute approximate surface area is 112 Å². The Bertz CT molecular complexity index is 261. The zero-order valence-electron chi connectivity index (χ0n) is 12.4. The molecule has 2 heterocycles. The Kier molecular flexibility index (Phi) is 4.64. The number of hydrogen-bond acceptors (Lipinski definition) is 4. The first-order chi connectivity index (χ1) is 8.52. The summed E-state index contributed by atoms with van der Waals surface area (Å²) in [4.78, 5) is 7.54. The van der Waals surface area contributed by atoms with Crippen molar-refractivity contribution in [3.05, 3.63) is 0 Å². The highest BCUT2D eigenvalue weighted by molar-refractivity contribution is 4.94. The molecule has 0 aliphatic carbocycles. The Hall–Kier alpha value is -0.160. The monoisotopic (exact) mass is 254 g/mol. The van der Waals surface area contributed by atoms with Gasteiger partial charge in [-0.15, -0.1) is 0 Å². The molecule has 2 rings (SSSR count). The van der Waals surface area contributed by atoms with Crippen LogP contribution >= 0.6 is 0 Å². The van der Waals surface area contributed by atoms with Crippen molar-refractivity contribution in [1.29, 1.82) is 0 Å². The van der Waals surface area contributed by atoms with Crippen molar-refractivity contribution in [2.45, 2.75) is 38.3 Å². The first-order valence-corrected chi connectivity index (χ1v) is 7.46. The third-order valence-electron chi connectivity index (χ3n) is 4.78. The van der Waals surface area contributed by atoms with E-state index in [4.69, 9.17) is 5.73 Å². The van der Waals surface area contributed by atoms with Gasteiger partial charge in [0.05, 0.1) is 0 Å². The number of likely N-dealkylation sites (tertiary alicyclic amines) is 1. The van der Waals surface area contributed by atoms with Crippen LogP contribution in [0.1, 0.15) is 26.7 Å². The molecular weight excluding hydrogens is 224 g/mol. The van der Waals surface area contributed by atoms with Crippen LogP contribution in [0.4, 0.5) is 0 Å². The minimum Gasteiger partial charge on any atom is -0.324 e. The van der Waals surface area contributed by atoms with Gasteiger partial charge in [0.25, 0.3) is 0 Å². The number of hydrogen-bond donors (Lipinski definition) is 1. The van der Waals surface area contributed by atoms with Crippen LogP contribution in [-0.4, -0.2) is 79.1 Å². The van der Waals surface area contributed by atoms with Gasteiger partial charge in [-0.3, -0.25) is 9.80 Å². The molecule has 2 fully saturated rings. The van der Waals surface area contributed by atoms with Gasteiger partial charge in [-0.2, -0.15) is 0 Å². The van der Waals surface area contributed by atoms with E-state index in [0.717, 1.165) is 32.5 Å². The Balaban J connectivity index is 1.83. The lowest BCUT2D eigenvalue weighted by atomic mass is 9.88. The number of nitrogens with two attached hydrogens (primary N) is 1. The molecule has 2 aliphatic heterocycles. The first-order valence-electron chi connectivity index (χ1n) is 7.46. The molecule has 1 unspecified atom stereocenters. The molecular formula is C14H30N4. The van der Waals surface area contributed by atoms with E-state index in [-0.39, 0.29) is 5.54 Å². The van der Waals surface area contributed by atoms with Crippen molar-refractivity contribution < 1.29 is 0 Å². The zero-order chi connectivity index (χ0) is 13.2. The fourth-order valence-corrected chi connectivity index (χ4v) is 3.35. The van der Waals surface area contributed by atoms with Crippen molar-refractivity contribution in [2.75, 3.05) is 52.9 Å². The van der Waals surface area contributed by atoms with E-state index in [9.17, 15) is 0 Å². The maximum absolute atomic E-state index is 6.58. The average Bonchev–Trinajstić information content (AvgIpc) is 2.34. The zero-order valence-corrected chi connectivity index (χ0v) is 12.4. The molecule has 0 aromatic carbocycles. The quantitative estimate of drug-likeness (QED) is 0.792. The topological polar surface area (TPSA) is 35.7 Å². The van der Waals surface area contributed by atoms with Gasteiger partial charge in [-0.05, 0) is 46.4 Å². The predicted octanol–water partition coefficient (Wildman–Crippen LogP) is 0.436. The Morgan fingerprint density at radius 1 is 1.17 bits per heavy atom. The minimum absolute atomic E-state index is 0.0562. The first kappa shape index (κ1) is 14.3. The molecule has 2 aliphatic rings. The van der Waals surface area contributed by atoms with Gasteiger partial charge in [0.2, 0.25) is 0 Å². The van der Waals surface area contributed by atoms with E-state index in [2.05, 4.69) is 35.6 Å². The summed E-state index contributed by atoms with van der Waals surface area (Å²) in [6.45, 7) is 12.7. The van der Waals surface area contributed by atoms with E-state index in [0.29, 0.717) is 6.04 Å². The number of nitrogens with zero attached hydrogens (tertiary/aromatic N) is 3. The molecule has 0 saturated carbocycles. The van der Waals surface area contributed by atoms with Crippen molar-refractivity contribution in [3.8, 4) is 0 Å². The standard InChI is InChI=1S/C14H30N4/c1-4-18-10-9-17(11-13(18)2)12-14(15)5-7-16(3)8-6-14/h13H,4-12,15H2,1-3H3. The minimum atomic E-state index is 0.0562. The smallest absolute Gasteiger partial charge is 0.0307 e. The van der Waals surface area contributed by atoms with Crippen LogP contribution < -0.4 is 5.73 Å². The van der Waals surface area contributed by atoms with Gasteiger partial charge in [-0.1, -0.05) is 6.92 Å². The molecule has 4 nitrogen and oxygen atoms in total. The highest BCUT2D eigenvalue weighted by Crippen LogP contribution is 2.21. The Morgan fingerprint density at radius 2 is 1.83 bits per heavy atom. The molecule has 0 spiro atoms. The third-order valence-corrected chi connectivity index (χ3v) is 4.78. The van der Waals surface area contributed by atoms with Crippen LogP contribution in [0.25, 0.3) is 0 Å². The van der Waals surface area contributed by atoms with Crippen LogP contribution in [0, 0.1) is 0 Å². The van der Waals surface area contributed by atoms with Crippen molar-refractivity contribution in [3.63, 3.8) is 0 Å². The van der Waals surface area contributed by atoms with Gasteiger partial charge in [0.15, 0.2) is 0 Å². The van der Waals surface area contributed by atoms with Gasteiger partial charge in [-0.25, -0.2) is 0 Å². The predicted molar refractivity (Wildman–Crippen MR) is 76.8 cm³/mol. The molecule has 18 heavy (non-hydrogen) atoms. The van der Waals surface area contributed by atoms with E-state index >= 15 is 0 Å². The largest absolute Gasteiger partial charge is 0.324 e. The fourth-order valence-electron chi connectivity index (χ4n) is 3.35. The lowest BCUT2D eigenvalue weighted by Crippen LogP contribution is -2.60. The molecule has 0 amide bonds. The molecule has 106 valence electrons. The molecule has 2 N–H and O–H groups in total. The normalized spacial score (nSPS) is 31.7. The SMILES string of the molecule is CCN1CCN(CC2(N)CCN(C)CC2)CC1C. The number of likely N-dealkylation sites (N-methyl/N-ethyl adjacent to an activating group) is 1. The Morgan fingerprint density at radius 3 is 2.39 bits per heavy atom. The van der Waals surface area contributed by atoms with E-state index in [1.807, 2.05) is 0 Å². The van der Waals surface area contributed by atoms with Gasteiger partial charge >= 0.3 is 0 Å². The maximum Gasteiger partial charge on any atom is 0.0307 e. The van der Waals surface area contributed by atoms with Crippen molar-refractivity contribution in [2.24, 2.45) is 5.73 Å². The van der Waals surface area contributed by atoms with Crippen molar-refractivity contribution in [1.82, 2.24) is 14.7 Å². The average molecular weight is 254 g/mol. The maximum atomic E-state index is 6.58. The third kappa shape index (κ3) is 3.44. The number of piperazine rings is 1. The second-order valence-corrected chi connectivity index (χ2v) is 6.38. The molecule has 1 atom stereocenters. The molecule has 0 radical (unpaired) electrons. The van der Waals surface area contributed by atoms with Crippen molar-refractivity contribution >= 4 is 0 Å². The lowest BCUT2D eigenvalue weighted by molar-refractivity contribution is 0.0581. The van der Waals surface area contributed by atoms with Crippen LogP contribution in [0.15, 0.2) is 0 Å². The molecule has 4 heteroatoms. The number of rotatable bonds is 3. The molecule has 0 aromatic rings. The summed E-state index contributed by atoms with van der Waals surface area (Å²) in [5, 5.41) is 0. The summed E-state index contributed by atoms with van der Waals surface area (Å²) in [6, 6.07) is 0.679. The van der Waals surface area contributed by atoms with Crippen LogP contribution in [0.2, 0.25) is 0 Å². The van der Waals surface area contributed by atoms with E-state index in [1.54, 1.807) is 0 Å². The molecule has 0 bridgehead atoms. The second kappa shape index (κ2) is 5.87. The summed E-state index contributed by atoms with van der Waals surface area (Å²) in [5.41, 5.74) is 6.64. The fraction of sp³-hybridized carbons (Fsp3) is 1.00. The summed E-state index contributed by atoms with van der Waals surface area (Å²) in [7, 11) is 2.20. The summed E-state index contributed by atoms with van der Waals surface area (Å²) >= 11 is 0. The second-order valence-electron chi connectivity index (χ2n) is 6.38. The summed E-state index contributed by atoms with van der Waals surface area (Å²) < 4.78 is 0. The highest BCUT2D eigenvalue weighted by atomic mass is 15.3. The summed E-state index contributed by atoms with van der Waals surface area (Å²) in [5.74, 6) is 0. The van der Waals surface area contributed by atoms with E-state index < -0.39 is 0 Å². The van der Waals surface area contributed by atoms with E-state index in [1.165, 1.54) is 26.2 Å². The van der Waals surface area contributed by atoms with Crippen LogP contribution in [-0.2, 0) is 0 Å². The number of piperidine rings is 1. The van der Waals surface area contributed by atoms with Gasteiger partial charge in [0, 0.05) is 37.8 Å².